The predicted octanol–water partition coefficient (Wildman–Crippen LogP) is 5.03. The summed E-state index contributed by atoms with van der Waals surface area (Å²) in [6.07, 6.45) is 8.79. The first-order valence-electron chi connectivity index (χ1n) is 7.81. The molecule has 0 aromatic carbocycles. The van der Waals surface area contributed by atoms with Crippen molar-refractivity contribution in [3.05, 3.63) is 12.7 Å². The molecule has 2 atom stereocenters. The molecule has 1 nitrogen and oxygen atoms in total. The summed E-state index contributed by atoms with van der Waals surface area (Å²) in [5.74, 6) is 1.58. The minimum Gasteiger partial charge on any atom is -0.316 e. The second-order valence-electron chi connectivity index (χ2n) is 6.50. The molecule has 0 aliphatic carbocycles. The zero-order chi connectivity index (χ0) is 14.0. The van der Waals surface area contributed by atoms with Gasteiger partial charge in [-0.1, -0.05) is 66.4 Å². The van der Waals surface area contributed by atoms with Gasteiger partial charge in [-0.25, -0.2) is 0 Å². The average Bonchev–Trinajstić information content (AvgIpc) is 2.34. The van der Waals surface area contributed by atoms with E-state index in [9.17, 15) is 0 Å². The van der Waals surface area contributed by atoms with E-state index in [0.29, 0.717) is 0 Å². The van der Waals surface area contributed by atoms with Gasteiger partial charge >= 0.3 is 0 Å². The molecule has 0 fully saturated rings. The third-order valence-electron chi connectivity index (χ3n) is 3.87. The molecule has 0 amide bonds. The first kappa shape index (κ1) is 17.7. The van der Waals surface area contributed by atoms with E-state index < -0.39 is 0 Å². The monoisotopic (exact) mass is 253 g/mol. The molecule has 0 radical (unpaired) electrons. The van der Waals surface area contributed by atoms with Crippen LogP contribution in [0.2, 0.25) is 0 Å². The van der Waals surface area contributed by atoms with Crippen LogP contribution in [0.1, 0.15) is 66.7 Å². The van der Waals surface area contributed by atoms with Gasteiger partial charge in [0.2, 0.25) is 0 Å². The smallest absolute Gasteiger partial charge is 0.00400 e. The van der Waals surface area contributed by atoms with Crippen LogP contribution in [-0.4, -0.2) is 13.1 Å². The molecular weight excluding hydrogens is 218 g/mol. The van der Waals surface area contributed by atoms with Crippen molar-refractivity contribution >= 4 is 0 Å². The van der Waals surface area contributed by atoms with Crippen molar-refractivity contribution in [2.75, 3.05) is 13.1 Å². The quantitative estimate of drug-likeness (QED) is 0.509. The highest BCUT2D eigenvalue weighted by atomic mass is 14.9. The molecule has 108 valence electrons. The second kappa shape index (κ2) is 9.61. The van der Waals surface area contributed by atoms with Crippen LogP contribution in [0.5, 0.6) is 0 Å². The van der Waals surface area contributed by atoms with Crippen LogP contribution in [0.4, 0.5) is 0 Å². The van der Waals surface area contributed by atoms with E-state index in [-0.39, 0.29) is 5.41 Å². The highest BCUT2D eigenvalue weighted by molar-refractivity contribution is 4.94. The summed E-state index contributed by atoms with van der Waals surface area (Å²) in [5.41, 5.74) is 0.253. The number of nitrogens with one attached hydrogen (secondary N) is 1. The van der Waals surface area contributed by atoms with Gasteiger partial charge in [-0.3, -0.25) is 0 Å². The third kappa shape index (κ3) is 7.92. The Labute approximate surface area is 115 Å². The van der Waals surface area contributed by atoms with Gasteiger partial charge in [-0.2, -0.15) is 0 Å². The first-order valence-corrected chi connectivity index (χ1v) is 7.81. The number of unbranched alkanes of at least 4 members (excludes halogenated alkanes) is 1. The maximum atomic E-state index is 4.06. The molecule has 1 N–H and O–H groups in total. The van der Waals surface area contributed by atoms with Crippen LogP contribution in [0.25, 0.3) is 0 Å². The lowest BCUT2D eigenvalue weighted by molar-refractivity contribution is 0.270. The minimum absolute atomic E-state index is 0.253. The fourth-order valence-electron chi connectivity index (χ4n) is 2.48. The van der Waals surface area contributed by atoms with Crippen LogP contribution in [0.3, 0.4) is 0 Å². The van der Waals surface area contributed by atoms with Gasteiger partial charge in [0.25, 0.3) is 0 Å². The van der Waals surface area contributed by atoms with E-state index in [2.05, 4.69) is 52.6 Å². The van der Waals surface area contributed by atoms with Crippen molar-refractivity contribution in [1.29, 1.82) is 0 Å². The van der Waals surface area contributed by atoms with Crippen molar-refractivity contribution < 1.29 is 0 Å². The van der Waals surface area contributed by atoms with E-state index in [0.717, 1.165) is 24.9 Å². The van der Waals surface area contributed by atoms with Gasteiger partial charge in [0.1, 0.15) is 0 Å². The molecule has 2 unspecified atom stereocenters. The Balaban J connectivity index is 4.20. The number of rotatable bonds is 11. The number of hydrogen-bond acceptors (Lipinski definition) is 1. The Morgan fingerprint density at radius 2 is 1.94 bits per heavy atom. The van der Waals surface area contributed by atoms with Crippen molar-refractivity contribution in [1.82, 2.24) is 5.32 Å². The van der Waals surface area contributed by atoms with E-state index in [1.165, 1.54) is 32.1 Å². The van der Waals surface area contributed by atoms with Gasteiger partial charge in [0.15, 0.2) is 0 Å². The van der Waals surface area contributed by atoms with E-state index in [4.69, 9.17) is 0 Å². The van der Waals surface area contributed by atoms with E-state index in [1.54, 1.807) is 0 Å². The molecule has 0 heterocycles. The van der Waals surface area contributed by atoms with Crippen molar-refractivity contribution in [3.8, 4) is 0 Å². The molecule has 0 rings (SSSR count). The fourth-order valence-corrected chi connectivity index (χ4v) is 2.48. The number of hydrogen-bond donors (Lipinski definition) is 1. The van der Waals surface area contributed by atoms with Gasteiger partial charge in [0.05, 0.1) is 0 Å². The van der Waals surface area contributed by atoms with Crippen LogP contribution < -0.4 is 5.32 Å². The van der Waals surface area contributed by atoms with Crippen LogP contribution >= 0.6 is 0 Å². The molecule has 0 spiro atoms. The standard InChI is InChI=1S/C17H35N/c1-7-10-11-16(8-2)12-17(6,9-3)14-18-13-15(4)5/h9,15-16,18H,3,7-8,10-14H2,1-2,4-6H3. The molecule has 0 aromatic rings. The minimum atomic E-state index is 0.253. The van der Waals surface area contributed by atoms with E-state index >= 15 is 0 Å². The Morgan fingerprint density at radius 1 is 1.28 bits per heavy atom. The molecule has 0 saturated heterocycles. The van der Waals surface area contributed by atoms with E-state index in [1.807, 2.05) is 0 Å². The summed E-state index contributed by atoms with van der Waals surface area (Å²) in [7, 11) is 0. The summed E-state index contributed by atoms with van der Waals surface area (Å²) >= 11 is 0. The molecule has 0 aromatic heterocycles. The SMILES string of the molecule is C=CC(C)(CNCC(C)C)CC(CC)CCCC. The first-order chi connectivity index (χ1) is 8.47. The third-order valence-corrected chi connectivity index (χ3v) is 3.87. The summed E-state index contributed by atoms with van der Waals surface area (Å²) < 4.78 is 0. The van der Waals surface area contributed by atoms with Gasteiger partial charge < -0.3 is 5.32 Å². The lowest BCUT2D eigenvalue weighted by atomic mass is 9.78. The fraction of sp³-hybridized carbons (Fsp3) is 0.882. The second-order valence-corrected chi connectivity index (χ2v) is 6.50. The lowest BCUT2D eigenvalue weighted by Gasteiger charge is -2.31. The molecular formula is C17H35N. The zero-order valence-electron chi connectivity index (χ0n) is 13.4. The predicted molar refractivity (Wildman–Crippen MR) is 83.9 cm³/mol. The van der Waals surface area contributed by atoms with Crippen LogP contribution in [0, 0.1) is 17.3 Å². The summed E-state index contributed by atoms with van der Waals surface area (Å²) in [6.45, 7) is 17.7. The molecule has 0 saturated carbocycles. The Hall–Kier alpha value is -0.300. The summed E-state index contributed by atoms with van der Waals surface area (Å²) in [6, 6.07) is 0. The normalized spacial score (nSPS) is 16.6. The largest absolute Gasteiger partial charge is 0.316 e. The Bertz CT molecular complexity index is 210. The highest BCUT2D eigenvalue weighted by Gasteiger charge is 2.23. The molecule has 0 aliphatic rings. The van der Waals surface area contributed by atoms with Crippen molar-refractivity contribution in [3.63, 3.8) is 0 Å². The van der Waals surface area contributed by atoms with Gasteiger partial charge in [0, 0.05) is 6.54 Å². The summed E-state index contributed by atoms with van der Waals surface area (Å²) in [4.78, 5) is 0. The topological polar surface area (TPSA) is 12.0 Å². The Morgan fingerprint density at radius 3 is 2.39 bits per heavy atom. The van der Waals surface area contributed by atoms with Crippen molar-refractivity contribution in [2.45, 2.75) is 66.7 Å². The van der Waals surface area contributed by atoms with Gasteiger partial charge in [-0.05, 0) is 30.2 Å². The average molecular weight is 253 g/mol. The van der Waals surface area contributed by atoms with Crippen LogP contribution in [0.15, 0.2) is 12.7 Å². The summed E-state index contributed by atoms with van der Waals surface area (Å²) in [5, 5.41) is 3.59. The lowest BCUT2D eigenvalue weighted by Crippen LogP contribution is -2.34. The van der Waals surface area contributed by atoms with Gasteiger partial charge in [-0.15, -0.1) is 6.58 Å². The van der Waals surface area contributed by atoms with Crippen LogP contribution in [-0.2, 0) is 0 Å². The molecule has 18 heavy (non-hydrogen) atoms. The van der Waals surface area contributed by atoms with Crippen molar-refractivity contribution in [2.24, 2.45) is 17.3 Å². The maximum absolute atomic E-state index is 4.06. The zero-order valence-corrected chi connectivity index (χ0v) is 13.4. The maximum Gasteiger partial charge on any atom is 0.00400 e. The molecule has 1 heteroatoms. The highest BCUT2D eigenvalue weighted by Crippen LogP contribution is 2.31. The molecule has 0 aliphatic heterocycles. The molecule has 0 bridgehead atoms. The Kier molecular flexibility index (Phi) is 9.45.